The number of hydrogen-bond acceptors (Lipinski definition) is 2. The summed E-state index contributed by atoms with van der Waals surface area (Å²) in [7, 11) is 0. The minimum absolute atomic E-state index is 0.0726. The molecule has 0 saturated carbocycles. The standard InChI is InChI=1S/C11H14F2N2O/c1-6(2)10(14)11(16)15-8-5-3-4-7(12)9(8)13/h3-6,10H,14H2,1-2H3,(H,15,16)/t10-/m1/s1. The van der Waals surface area contributed by atoms with E-state index in [2.05, 4.69) is 5.32 Å². The third-order valence-corrected chi connectivity index (χ3v) is 2.23. The highest BCUT2D eigenvalue weighted by molar-refractivity contribution is 5.94. The van der Waals surface area contributed by atoms with Crippen molar-refractivity contribution in [3.05, 3.63) is 29.8 Å². The number of nitrogens with two attached hydrogens (primary N) is 1. The second-order valence-corrected chi connectivity index (χ2v) is 3.86. The Morgan fingerprint density at radius 3 is 2.56 bits per heavy atom. The van der Waals surface area contributed by atoms with Gasteiger partial charge in [-0.15, -0.1) is 0 Å². The van der Waals surface area contributed by atoms with Crippen LogP contribution in [0.2, 0.25) is 0 Å². The first kappa shape index (κ1) is 12.6. The topological polar surface area (TPSA) is 55.1 Å². The molecule has 1 aromatic carbocycles. The van der Waals surface area contributed by atoms with Crippen molar-refractivity contribution in [2.75, 3.05) is 5.32 Å². The zero-order chi connectivity index (χ0) is 12.3. The fraction of sp³-hybridized carbons (Fsp3) is 0.364. The summed E-state index contributed by atoms with van der Waals surface area (Å²) in [5.74, 6) is -2.68. The smallest absolute Gasteiger partial charge is 0.241 e. The van der Waals surface area contributed by atoms with Crippen molar-refractivity contribution in [2.24, 2.45) is 11.7 Å². The number of halogens is 2. The molecule has 0 fully saturated rings. The van der Waals surface area contributed by atoms with E-state index in [9.17, 15) is 13.6 Å². The van der Waals surface area contributed by atoms with E-state index in [1.54, 1.807) is 13.8 Å². The van der Waals surface area contributed by atoms with E-state index in [4.69, 9.17) is 5.73 Å². The van der Waals surface area contributed by atoms with Crippen LogP contribution in [0.5, 0.6) is 0 Å². The van der Waals surface area contributed by atoms with Crippen LogP contribution in [-0.2, 0) is 4.79 Å². The lowest BCUT2D eigenvalue weighted by Gasteiger charge is -2.15. The van der Waals surface area contributed by atoms with Crippen LogP contribution in [-0.4, -0.2) is 11.9 Å². The number of amides is 1. The molecule has 1 amide bonds. The van der Waals surface area contributed by atoms with E-state index in [0.717, 1.165) is 6.07 Å². The summed E-state index contributed by atoms with van der Waals surface area (Å²) in [4.78, 5) is 11.5. The maximum Gasteiger partial charge on any atom is 0.241 e. The molecule has 3 N–H and O–H groups in total. The van der Waals surface area contributed by atoms with E-state index in [1.807, 2.05) is 0 Å². The number of carbonyl (C=O) groups is 1. The molecule has 0 bridgehead atoms. The zero-order valence-corrected chi connectivity index (χ0v) is 9.13. The van der Waals surface area contributed by atoms with Crippen LogP contribution in [0.15, 0.2) is 18.2 Å². The first-order valence-electron chi connectivity index (χ1n) is 4.94. The third-order valence-electron chi connectivity index (χ3n) is 2.23. The van der Waals surface area contributed by atoms with Gasteiger partial charge in [0.1, 0.15) is 0 Å². The van der Waals surface area contributed by atoms with E-state index in [-0.39, 0.29) is 11.6 Å². The quantitative estimate of drug-likeness (QED) is 0.830. The van der Waals surface area contributed by atoms with Crippen LogP contribution in [0.3, 0.4) is 0 Å². The summed E-state index contributed by atoms with van der Waals surface area (Å²) in [5, 5.41) is 2.25. The molecule has 3 nitrogen and oxygen atoms in total. The Bertz CT molecular complexity index is 394. The van der Waals surface area contributed by atoms with Gasteiger partial charge < -0.3 is 11.1 Å². The molecule has 0 spiro atoms. The van der Waals surface area contributed by atoms with Crippen molar-refractivity contribution >= 4 is 11.6 Å². The highest BCUT2D eigenvalue weighted by Crippen LogP contribution is 2.17. The first-order chi connectivity index (χ1) is 7.43. The summed E-state index contributed by atoms with van der Waals surface area (Å²) in [6.45, 7) is 3.54. The van der Waals surface area contributed by atoms with E-state index >= 15 is 0 Å². The van der Waals surface area contributed by atoms with Gasteiger partial charge >= 0.3 is 0 Å². The zero-order valence-electron chi connectivity index (χ0n) is 9.13. The molecule has 1 atom stereocenters. The van der Waals surface area contributed by atoms with Gasteiger partial charge in [0.25, 0.3) is 0 Å². The molecule has 0 aliphatic heterocycles. The minimum Gasteiger partial charge on any atom is -0.322 e. The molecule has 16 heavy (non-hydrogen) atoms. The molecular weight excluding hydrogens is 214 g/mol. The van der Waals surface area contributed by atoms with Crippen LogP contribution in [0, 0.1) is 17.6 Å². The SMILES string of the molecule is CC(C)[C@@H](N)C(=O)Nc1cccc(F)c1F. The van der Waals surface area contributed by atoms with Crippen LogP contribution in [0.25, 0.3) is 0 Å². The van der Waals surface area contributed by atoms with Gasteiger partial charge in [-0.2, -0.15) is 0 Å². The Morgan fingerprint density at radius 1 is 1.38 bits per heavy atom. The molecule has 1 rings (SSSR count). The predicted molar refractivity (Wildman–Crippen MR) is 57.8 cm³/mol. The average Bonchev–Trinajstić information content (AvgIpc) is 2.23. The van der Waals surface area contributed by atoms with E-state index < -0.39 is 23.6 Å². The Morgan fingerprint density at radius 2 is 2.00 bits per heavy atom. The molecule has 0 aliphatic carbocycles. The van der Waals surface area contributed by atoms with Gasteiger partial charge in [-0.05, 0) is 18.1 Å². The summed E-state index contributed by atoms with van der Waals surface area (Å²) >= 11 is 0. The number of anilines is 1. The fourth-order valence-electron chi connectivity index (χ4n) is 1.12. The average molecular weight is 228 g/mol. The summed E-state index contributed by atoms with van der Waals surface area (Å²) in [5.41, 5.74) is 5.37. The number of carbonyl (C=O) groups excluding carboxylic acids is 1. The Balaban J connectivity index is 2.81. The molecule has 88 valence electrons. The molecule has 0 aliphatic rings. The lowest BCUT2D eigenvalue weighted by atomic mass is 10.0. The van der Waals surface area contributed by atoms with Crippen molar-refractivity contribution in [3.63, 3.8) is 0 Å². The van der Waals surface area contributed by atoms with Gasteiger partial charge in [-0.3, -0.25) is 4.79 Å². The van der Waals surface area contributed by atoms with Gasteiger partial charge in [0.15, 0.2) is 11.6 Å². The Hall–Kier alpha value is -1.49. The molecule has 5 heteroatoms. The van der Waals surface area contributed by atoms with Crippen molar-refractivity contribution in [2.45, 2.75) is 19.9 Å². The molecule has 0 saturated heterocycles. The number of nitrogens with one attached hydrogen (secondary N) is 1. The van der Waals surface area contributed by atoms with Gasteiger partial charge in [-0.1, -0.05) is 19.9 Å². The van der Waals surface area contributed by atoms with Gasteiger partial charge in [0, 0.05) is 0 Å². The normalized spacial score (nSPS) is 12.6. The number of rotatable bonds is 3. The molecule has 1 aromatic rings. The van der Waals surface area contributed by atoms with Crippen LogP contribution >= 0.6 is 0 Å². The Labute approximate surface area is 92.6 Å². The van der Waals surface area contributed by atoms with Gasteiger partial charge in [0.2, 0.25) is 5.91 Å². The largest absolute Gasteiger partial charge is 0.322 e. The Kier molecular flexibility index (Phi) is 3.95. The lowest BCUT2D eigenvalue weighted by molar-refractivity contribution is -0.118. The molecule has 0 radical (unpaired) electrons. The summed E-state index contributed by atoms with van der Waals surface area (Å²) in [6.07, 6.45) is 0. The van der Waals surface area contributed by atoms with Crippen molar-refractivity contribution in [1.82, 2.24) is 0 Å². The monoisotopic (exact) mass is 228 g/mol. The number of benzene rings is 1. The molecule has 0 aromatic heterocycles. The van der Waals surface area contributed by atoms with Crippen LogP contribution in [0.1, 0.15) is 13.8 Å². The lowest BCUT2D eigenvalue weighted by Crippen LogP contribution is -2.39. The summed E-state index contributed by atoms with van der Waals surface area (Å²) < 4.78 is 26.0. The minimum atomic E-state index is -1.08. The van der Waals surface area contributed by atoms with E-state index in [0.29, 0.717) is 0 Å². The van der Waals surface area contributed by atoms with E-state index in [1.165, 1.54) is 12.1 Å². The predicted octanol–water partition coefficient (Wildman–Crippen LogP) is 1.89. The van der Waals surface area contributed by atoms with Crippen LogP contribution in [0.4, 0.5) is 14.5 Å². The molecule has 0 unspecified atom stereocenters. The second kappa shape index (κ2) is 5.03. The first-order valence-corrected chi connectivity index (χ1v) is 4.94. The summed E-state index contributed by atoms with van der Waals surface area (Å²) in [6, 6.07) is 2.83. The van der Waals surface area contributed by atoms with Gasteiger partial charge in [-0.25, -0.2) is 8.78 Å². The number of hydrogen-bond donors (Lipinski definition) is 2. The van der Waals surface area contributed by atoms with Crippen LogP contribution < -0.4 is 11.1 Å². The maximum atomic E-state index is 13.2. The second-order valence-electron chi connectivity index (χ2n) is 3.86. The van der Waals surface area contributed by atoms with Crippen molar-refractivity contribution in [3.8, 4) is 0 Å². The van der Waals surface area contributed by atoms with Crippen molar-refractivity contribution < 1.29 is 13.6 Å². The molecular formula is C11H14F2N2O. The highest BCUT2D eigenvalue weighted by Gasteiger charge is 2.19. The molecule has 0 heterocycles. The highest BCUT2D eigenvalue weighted by atomic mass is 19.2. The maximum absolute atomic E-state index is 13.2. The van der Waals surface area contributed by atoms with Gasteiger partial charge in [0.05, 0.1) is 11.7 Å². The van der Waals surface area contributed by atoms with Crippen molar-refractivity contribution in [1.29, 1.82) is 0 Å². The third kappa shape index (κ3) is 2.76. The fourth-order valence-corrected chi connectivity index (χ4v) is 1.12.